The molecule has 134 valence electrons. The van der Waals surface area contributed by atoms with Crippen LogP contribution in [0.3, 0.4) is 0 Å². The molecule has 2 aromatic heterocycles. The number of ether oxygens (including phenoxy) is 1. The van der Waals surface area contributed by atoms with E-state index in [2.05, 4.69) is 20.5 Å². The first-order valence-corrected chi connectivity index (χ1v) is 8.28. The van der Waals surface area contributed by atoms with Crippen molar-refractivity contribution in [2.45, 2.75) is 38.6 Å². The number of fused-ring (bicyclic) bond motifs is 1. The quantitative estimate of drug-likeness (QED) is 0.878. The molecule has 1 fully saturated rings. The van der Waals surface area contributed by atoms with E-state index in [9.17, 15) is 9.18 Å². The van der Waals surface area contributed by atoms with E-state index in [1.165, 1.54) is 4.90 Å². The third kappa shape index (κ3) is 3.89. The molecule has 3 heterocycles. The fourth-order valence-electron chi connectivity index (χ4n) is 2.60. The van der Waals surface area contributed by atoms with E-state index in [0.717, 1.165) is 0 Å². The third-order valence-corrected chi connectivity index (χ3v) is 3.99. The van der Waals surface area contributed by atoms with Crippen LogP contribution < -0.4 is 5.32 Å². The third-order valence-electron chi connectivity index (χ3n) is 3.71. The van der Waals surface area contributed by atoms with Crippen molar-refractivity contribution < 1.29 is 13.9 Å². The zero-order valence-electron chi connectivity index (χ0n) is 14.2. The minimum atomic E-state index is -1.26. The Morgan fingerprint density at radius 3 is 2.88 bits per heavy atom. The molecule has 1 aliphatic heterocycles. The highest BCUT2D eigenvalue weighted by molar-refractivity contribution is 6.34. The van der Waals surface area contributed by atoms with Crippen molar-refractivity contribution in [3.05, 3.63) is 23.5 Å². The fourth-order valence-corrected chi connectivity index (χ4v) is 2.79. The molecule has 0 radical (unpaired) electrons. The smallest absolute Gasteiger partial charge is 0.410 e. The first-order valence-electron chi connectivity index (χ1n) is 7.90. The van der Waals surface area contributed by atoms with Crippen LogP contribution in [0, 0.1) is 0 Å². The highest BCUT2D eigenvalue weighted by Gasteiger charge is 2.38. The minimum absolute atomic E-state index is 0.0427. The van der Waals surface area contributed by atoms with Gasteiger partial charge >= 0.3 is 6.09 Å². The summed E-state index contributed by atoms with van der Waals surface area (Å²) in [5.74, 6) is 0.332. The lowest BCUT2D eigenvalue weighted by atomic mass is 10.2. The highest BCUT2D eigenvalue weighted by atomic mass is 35.5. The molecule has 7 nitrogen and oxygen atoms in total. The number of aromatic nitrogens is 3. The molecule has 0 bridgehead atoms. The molecular weight excluding hydrogens is 349 g/mol. The molecule has 2 atom stereocenters. The van der Waals surface area contributed by atoms with Gasteiger partial charge in [0.1, 0.15) is 17.3 Å². The number of nitrogens with zero attached hydrogens (tertiary/aromatic N) is 4. The molecule has 1 N–H and O–H groups in total. The highest BCUT2D eigenvalue weighted by Crippen LogP contribution is 2.26. The van der Waals surface area contributed by atoms with Crippen LogP contribution in [0.25, 0.3) is 10.9 Å². The molecule has 2 aromatic rings. The fraction of sp³-hybridized carbons (Fsp3) is 0.500. The van der Waals surface area contributed by atoms with Gasteiger partial charge in [-0.3, -0.25) is 4.98 Å². The summed E-state index contributed by atoms with van der Waals surface area (Å²) in [7, 11) is 0. The number of carbonyl (C=O) groups excluding carboxylic acids is 1. The molecule has 1 saturated heterocycles. The molecule has 25 heavy (non-hydrogen) atoms. The van der Waals surface area contributed by atoms with Gasteiger partial charge in [0, 0.05) is 18.1 Å². The summed E-state index contributed by atoms with van der Waals surface area (Å²) in [5.41, 5.74) is -0.124. The van der Waals surface area contributed by atoms with Crippen molar-refractivity contribution >= 4 is 34.4 Å². The van der Waals surface area contributed by atoms with Gasteiger partial charge in [-0.05, 0) is 32.9 Å². The zero-order chi connectivity index (χ0) is 18.2. The summed E-state index contributed by atoms with van der Waals surface area (Å²) in [4.78, 5) is 17.7. The van der Waals surface area contributed by atoms with Crippen molar-refractivity contribution in [2.24, 2.45) is 0 Å². The molecule has 0 spiro atoms. The monoisotopic (exact) mass is 367 g/mol. The number of anilines is 1. The van der Waals surface area contributed by atoms with Crippen LogP contribution in [0.5, 0.6) is 0 Å². The van der Waals surface area contributed by atoms with Gasteiger partial charge in [0.05, 0.1) is 12.6 Å². The van der Waals surface area contributed by atoms with Gasteiger partial charge < -0.3 is 15.0 Å². The lowest BCUT2D eigenvalue weighted by Gasteiger charge is -2.24. The molecular formula is C16H19ClFN5O2. The van der Waals surface area contributed by atoms with E-state index < -0.39 is 23.9 Å². The Morgan fingerprint density at radius 1 is 1.40 bits per heavy atom. The van der Waals surface area contributed by atoms with Gasteiger partial charge in [-0.15, -0.1) is 10.2 Å². The Labute approximate surface area is 149 Å². The lowest BCUT2D eigenvalue weighted by Crippen LogP contribution is -2.36. The van der Waals surface area contributed by atoms with Crippen LogP contribution >= 0.6 is 11.6 Å². The van der Waals surface area contributed by atoms with Gasteiger partial charge in [-0.1, -0.05) is 11.6 Å². The first-order chi connectivity index (χ1) is 11.7. The summed E-state index contributed by atoms with van der Waals surface area (Å²) in [6.45, 7) is 5.42. The minimum Gasteiger partial charge on any atom is -0.444 e. The predicted molar refractivity (Wildman–Crippen MR) is 92.5 cm³/mol. The second kappa shape index (κ2) is 6.59. The number of hydrogen-bond donors (Lipinski definition) is 1. The number of amides is 1. The van der Waals surface area contributed by atoms with E-state index in [1.54, 1.807) is 39.1 Å². The van der Waals surface area contributed by atoms with Crippen LogP contribution in [0.4, 0.5) is 15.0 Å². The molecule has 0 aromatic carbocycles. The van der Waals surface area contributed by atoms with Crippen LogP contribution in [0.1, 0.15) is 20.8 Å². The summed E-state index contributed by atoms with van der Waals surface area (Å²) < 4.78 is 19.7. The second-order valence-corrected chi connectivity index (χ2v) is 7.25. The number of carbonyl (C=O) groups is 1. The number of hydrogen-bond acceptors (Lipinski definition) is 6. The molecule has 0 unspecified atom stereocenters. The number of alkyl halides is 1. The van der Waals surface area contributed by atoms with E-state index in [1.807, 2.05) is 0 Å². The molecule has 0 saturated carbocycles. The second-order valence-electron chi connectivity index (χ2n) is 6.89. The Morgan fingerprint density at radius 2 is 2.16 bits per heavy atom. The maximum Gasteiger partial charge on any atom is 0.410 e. The van der Waals surface area contributed by atoms with Gasteiger partial charge in [0.2, 0.25) is 0 Å². The summed E-state index contributed by atoms with van der Waals surface area (Å²) in [6.07, 6.45) is -0.200. The van der Waals surface area contributed by atoms with E-state index >= 15 is 0 Å². The Balaban J connectivity index is 1.76. The van der Waals surface area contributed by atoms with E-state index in [0.29, 0.717) is 16.7 Å². The topological polar surface area (TPSA) is 80.2 Å². The van der Waals surface area contributed by atoms with Gasteiger partial charge in [0.15, 0.2) is 11.0 Å². The van der Waals surface area contributed by atoms with Crippen LogP contribution in [0.15, 0.2) is 18.3 Å². The number of pyridine rings is 1. The SMILES string of the molecule is CC(C)(C)OC(=O)N1C[C@@H](F)[C@H](Nc2nnc(Cl)c3cccnc23)C1. The van der Waals surface area contributed by atoms with E-state index in [4.69, 9.17) is 16.3 Å². The molecule has 1 amide bonds. The Bertz CT molecular complexity index is 798. The standard InChI is InChI=1S/C16H19ClFN5O2/c1-16(2,3)25-15(24)23-7-10(18)11(8-23)20-14-12-9(5-4-6-19-12)13(17)21-22-14/h4-6,10-11H,7-8H2,1-3H3,(H,20,22)/t10-,11-/m1/s1. The van der Waals surface area contributed by atoms with Gasteiger partial charge in [-0.25, -0.2) is 9.18 Å². The summed E-state index contributed by atoms with van der Waals surface area (Å²) in [6, 6.07) is 2.87. The lowest BCUT2D eigenvalue weighted by molar-refractivity contribution is 0.0283. The van der Waals surface area contributed by atoms with Gasteiger partial charge in [-0.2, -0.15) is 0 Å². The average molecular weight is 368 g/mol. The molecule has 9 heteroatoms. The Kier molecular flexibility index (Phi) is 4.64. The van der Waals surface area contributed by atoms with E-state index in [-0.39, 0.29) is 18.2 Å². The molecule has 3 rings (SSSR count). The maximum atomic E-state index is 14.4. The summed E-state index contributed by atoms with van der Waals surface area (Å²) in [5, 5.41) is 11.7. The van der Waals surface area contributed by atoms with Gasteiger partial charge in [0.25, 0.3) is 0 Å². The Hall–Kier alpha value is -2.22. The average Bonchev–Trinajstić information content (AvgIpc) is 2.90. The van der Waals surface area contributed by atoms with Crippen molar-refractivity contribution in [3.63, 3.8) is 0 Å². The van der Waals surface area contributed by atoms with Crippen molar-refractivity contribution in [1.29, 1.82) is 0 Å². The van der Waals surface area contributed by atoms with Crippen LogP contribution in [-0.2, 0) is 4.74 Å². The summed E-state index contributed by atoms with van der Waals surface area (Å²) >= 11 is 6.02. The molecule has 1 aliphatic rings. The molecule has 0 aliphatic carbocycles. The number of rotatable bonds is 2. The number of nitrogens with one attached hydrogen (secondary N) is 1. The number of halogens is 2. The largest absolute Gasteiger partial charge is 0.444 e. The van der Waals surface area contributed by atoms with Crippen LogP contribution in [0.2, 0.25) is 5.15 Å². The van der Waals surface area contributed by atoms with Crippen molar-refractivity contribution in [1.82, 2.24) is 20.1 Å². The zero-order valence-corrected chi connectivity index (χ0v) is 14.9. The predicted octanol–water partition coefficient (Wildman–Crippen LogP) is 3.05. The first kappa shape index (κ1) is 17.6. The number of likely N-dealkylation sites (tertiary alicyclic amines) is 1. The van der Waals surface area contributed by atoms with Crippen LogP contribution in [-0.4, -0.2) is 57.1 Å². The van der Waals surface area contributed by atoms with Crippen molar-refractivity contribution in [3.8, 4) is 0 Å². The normalized spacial score (nSPS) is 20.8. The maximum absolute atomic E-state index is 14.4. The van der Waals surface area contributed by atoms with Crippen molar-refractivity contribution in [2.75, 3.05) is 18.4 Å².